The van der Waals surface area contributed by atoms with E-state index in [0.717, 1.165) is 12.2 Å². The van der Waals surface area contributed by atoms with Gasteiger partial charge in [-0.2, -0.15) is 4.98 Å². The largest absolute Gasteiger partial charge is 0.361 e. The molecule has 0 aliphatic rings. The third kappa shape index (κ3) is 4.67. The molecule has 0 aliphatic heterocycles. The molecule has 0 spiro atoms. The number of hydrogen-bond donors (Lipinski definition) is 3. The Kier molecular flexibility index (Phi) is 5.19. The molecule has 0 atom stereocenters. The number of rotatable bonds is 6. The maximum Gasteiger partial charge on any atom is 0.239 e. The Morgan fingerprint density at radius 2 is 2.00 bits per heavy atom. The van der Waals surface area contributed by atoms with Crippen LogP contribution in [0.4, 0.5) is 11.8 Å². The summed E-state index contributed by atoms with van der Waals surface area (Å²) >= 11 is 0. The van der Waals surface area contributed by atoms with Gasteiger partial charge in [-0.3, -0.25) is 4.79 Å². The summed E-state index contributed by atoms with van der Waals surface area (Å²) < 4.78 is 0. The normalized spacial score (nSPS) is 9.82. The molecule has 1 amide bonds. The zero-order valence-electron chi connectivity index (χ0n) is 10.5. The zero-order valence-corrected chi connectivity index (χ0v) is 10.5. The SMILES string of the molecule is CCNC(=O)CNc1cc(C)nc(NCC)n1. The lowest BCUT2D eigenvalue weighted by atomic mass is 10.4. The van der Waals surface area contributed by atoms with Crippen LogP contribution < -0.4 is 16.0 Å². The highest BCUT2D eigenvalue weighted by Crippen LogP contribution is 2.08. The Bertz CT molecular complexity index is 380. The predicted octanol–water partition coefficient (Wildman–Crippen LogP) is 0.765. The van der Waals surface area contributed by atoms with E-state index in [1.165, 1.54) is 0 Å². The minimum absolute atomic E-state index is 0.0474. The summed E-state index contributed by atoms with van der Waals surface area (Å²) in [5, 5.41) is 8.71. The smallest absolute Gasteiger partial charge is 0.239 e. The molecule has 0 saturated heterocycles. The lowest BCUT2D eigenvalue weighted by molar-refractivity contribution is -0.119. The molecule has 1 aromatic heterocycles. The number of nitrogens with zero attached hydrogens (tertiary/aromatic N) is 2. The Morgan fingerprint density at radius 3 is 2.65 bits per heavy atom. The molecule has 0 aliphatic carbocycles. The van der Waals surface area contributed by atoms with Crippen molar-refractivity contribution in [1.29, 1.82) is 0 Å². The average Bonchev–Trinajstić information content (AvgIpc) is 2.26. The van der Waals surface area contributed by atoms with Crippen molar-refractivity contribution in [3.63, 3.8) is 0 Å². The van der Waals surface area contributed by atoms with Gasteiger partial charge in [0.2, 0.25) is 11.9 Å². The van der Waals surface area contributed by atoms with Crippen molar-refractivity contribution < 1.29 is 4.79 Å². The third-order valence-corrected chi connectivity index (χ3v) is 1.99. The first-order valence-electron chi connectivity index (χ1n) is 5.75. The van der Waals surface area contributed by atoms with Gasteiger partial charge < -0.3 is 16.0 Å². The fourth-order valence-electron chi connectivity index (χ4n) is 1.33. The standard InChI is InChI=1S/C11H19N5O/c1-4-12-10(17)7-14-9-6-8(3)15-11(16-9)13-5-2/h6H,4-5,7H2,1-3H3,(H,12,17)(H2,13,14,15,16). The predicted molar refractivity (Wildman–Crippen MR) is 68.1 cm³/mol. The van der Waals surface area contributed by atoms with Crippen molar-refractivity contribution in [3.05, 3.63) is 11.8 Å². The molecule has 94 valence electrons. The topological polar surface area (TPSA) is 78.9 Å². The van der Waals surface area contributed by atoms with Crippen molar-refractivity contribution in [2.24, 2.45) is 0 Å². The molecule has 0 bridgehead atoms. The highest BCUT2D eigenvalue weighted by atomic mass is 16.1. The van der Waals surface area contributed by atoms with Crippen molar-refractivity contribution in [2.75, 3.05) is 30.3 Å². The van der Waals surface area contributed by atoms with E-state index in [0.29, 0.717) is 18.3 Å². The van der Waals surface area contributed by atoms with Crippen LogP contribution in [0.15, 0.2) is 6.07 Å². The quantitative estimate of drug-likeness (QED) is 0.681. The Hall–Kier alpha value is -1.85. The summed E-state index contributed by atoms with van der Waals surface area (Å²) in [5.41, 5.74) is 0.856. The molecule has 1 aromatic rings. The monoisotopic (exact) mass is 237 g/mol. The Labute approximate surface area is 101 Å². The average molecular weight is 237 g/mol. The first-order valence-corrected chi connectivity index (χ1v) is 5.75. The first kappa shape index (κ1) is 13.2. The van der Waals surface area contributed by atoms with E-state index in [4.69, 9.17) is 0 Å². The van der Waals surface area contributed by atoms with Crippen molar-refractivity contribution in [2.45, 2.75) is 20.8 Å². The van der Waals surface area contributed by atoms with Crippen LogP contribution in [0.5, 0.6) is 0 Å². The van der Waals surface area contributed by atoms with Gasteiger partial charge in [0.25, 0.3) is 0 Å². The second-order valence-corrected chi connectivity index (χ2v) is 3.56. The summed E-state index contributed by atoms with van der Waals surface area (Å²) in [6.45, 7) is 7.37. The lowest BCUT2D eigenvalue weighted by Gasteiger charge is -2.08. The lowest BCUT2D eigenvalue weighted by Crippen LogP contribution is -2.29. The minimum Gasteiger partial charge on any atom is -0.361 e. The van der Waals surface area contributed by atoms with Gasteiger partial charge in [-0.15, -0.1) is 0 Å². The molecular formula is C11H19N5O. The molecule has 17 heavy (non-hydrogen) atoms. The van der Waals surface area contributed by atoms with Crippen LogP contribution in [0.2, 0.25) is 0 Å². The molecule has 1 rings (SSSR count). The first-order chi connectivity index (χ1) is 8.15. The number of carbonyl (C=O) groups excluding carboxylic acids is 1. The van der Waals surface area contributed by atoms with E-state index < -0.39 is 0 Å². The maximum atomic E-state index is 11.3. The maximum absolute atomic E-state index is 11.3. The van der Waals surface area contributed by atoms with Gasteiger partial charge in [0.15, 0.2) is 0 Å². The van der Waals surface area contributed by atoms with E-state index in [1.54, 1.807) is 6.07 Å². The van der Waals surface area contributed by atoms with Crippen LogP contribution >= 0.6 is 0 Å². The summed E-state index contributed by atoms with van der Waals surface area (Å²) in [7, 11) is 0. The molecular weight excluding hydrogens is 218 g/mol. The summed E-state index contributed by atoms with van der Waals surface area (Å²) in [5.74, 6) is 1.18. The van der Waals surface area contributed by atoms with Crippen LogP contribution in [0.25, 0.3) is 0 Å². The highest BCUT2D eigenvalue weighted by Gasteiger charge is 2.03. The van der Waals surface area contributed by atoms with Crippen LogP contribution in [-0.2, 0) is 4.79 Å². The summed E-state index contributed by atoms with van der Waals surface area (Å²) in [6, 6.07) is 1.81. The molecule has 0 aromatic carbocycles. The molecule has 1 heterocycles. The van der Waals surface area contributed by atoms with Crippen LogP contribution in [-0.4, -0.2) is 35.5 Å². The van der Waals surface area contributed by atoms with Gasteiger partial charge >= 0.3 is 0 Å². The molecule has 6 heteroatoms. The molecule has 0 saturated carbocycles. The van der Waals surface area contributed by atoms with Crippen molar-refractivity contribution >= 4 is 17.7 Å². The number of likely N-dealkylation sites (N-methyl/N-ethyl adjacent to an activating group) is 1. The zero-order chi connectivity index (χ0) is 12.7. The van der Waals surface area contributed by atoms with Crippen LogP contribution in [0.1, 0.15) is 19.5 Å². The van der Waals surface area contributed by atoms with Crippen LogP contribution in [0, 0.1) is 6.92 Å². The second-order valence-electron chi connectivity index (χ2n) is 3.56. The van der Waals surface area contributed by atoms with Gasteiger partial charge in [0, 0.05) is 24.8 Å². The molecule has 0 unspecified atom stereocenters. The fourth-order valence-corrected chi connectivity index (χ4v) is 1.33. The van der Waals surface area contributed by atoms with E-state index >= 15 is 0 Å². The Balaban J connectivity index is 2.61. The van der Waals surface area contributed by atoms with Gasteiger partial charge in [-0.1, -0.05) is 0 Å². The summed E-state index contributed by atoms with van der Waals surface area (Å²) in [4.78, 5) is 19.7. The van der Waals surface area contributed by atoms with E-state index in [2.05, 4.69) is 25.9 Å². The molecule has 0 fully saturated rings. The molecule has 0 radical (unpaired) electrons. The fraction of sp³-hybridized carbons (Fsp3) is 0.545. The number of anilines is 2. The van der Waals surface area contributed by atoms with Gasteiger partial charge in [0.05, 0.1) is 6.54 Å². The number of carbonyl (C=O) groups is 1. The van der Waals surface area contributed by atoms with E-state index in [9.17, 15) is 4.79 Å². The second kappa shape index (κ2) is 6.67. The number of hydrogen-bond acceptors (Lipinski definition) is 5. The van der Waals surface area contributed by atoms with Crippen LogP contribution in [0.3, 0.4) is 0 Å². The highest BCUT2D eigenvalue weighted by molar-refractivity contribution is 5.80. The molecule has 3 N–H and O–H groups in total. The minimum atomic E-state index is -0.0474. The van der Waals surface area contributed by atoms with E-state index in [-0.39, 0.29) is 12.5 Å². The summed E-state index contributed by atoms with van der Waals surface area (Å²) in [6.07, 6.45) is 0. The number of nitrogens with one attached hydrogen (secondary N) is 3. The number of amides is 1. The molecule has 6 nitrogen and oxygen atoms in total. The van der Waals surface area contributed by atoms with Gasteiger partial charge in [-0.25, -0.2) is 4.98 Å². The number of aromatic nitrogens is 2. The van der Waals surface area contributed by atoms with E-state index in [1.807, 2.05) is 20.8 Å². The Morgan fingerprint density at radius 1 is 1.24 bits per heavy atom. The third-order valence-electron chi connectivity index (χ3n) is 1.99. The van der Waals surface area contributed by atoms with Gasteiger partial charge in [-0.05, 0) is 20.8 Å². The van der Waals surface area contributed by atoms with Gasteiger partial charge in [0.1, 0.15) is 5.82 Å². The van der Waals surface area contributed by atoms with Crippen molar-refractivity contribution in [3.8, 4) is 0 Å². The number of aryl methyl sites for hydroxylation is 1. The van der Waals surface area contributed by atoms with Crippen molar-refractivity contribution in [1.82, 2.24) is 15.3 Å².